The Hall–Kier alpha value is -0.400. The van der Waals surface area contributed by atoms with Gasteiger partial charge >= 0.3 is 0 Å². The molecule has 0 aliphatic rings. The number of Topliss-reactive ketones (excluding diaryl/α,β-unsaturated/α-hetero) is 1. The summed E-state index contributed by atoms with van der Waals surface area (Å²) in [6, 6.07) is 0. The van der Waals surface area contributed by atoms with Crippen LogP contribution < -0.4 is 0 Å². The van der Waals surface area contributed by atoms with Crippen LogP contribution in [0.15, 0.2) is 0 Å². The van der Waals surface area contributed by atoms with Crippen molar-refractivity contribution >= 4 is 5.78 Å². The zero-order valence-corrected chi connectivity index (χ0v) is 8.27. The summed E-state index contributed by atoms with van der Waals surface area (Å²) in [4.78, 5) is 11.5. The Morgan fingerprint density at radius 2 is 1.92 bits per heavy atom. The first-order valence-electron chi connectivity index (χ1n) is 4.73. The predicted molar refractivity (Wildman–Crippen MR) is 48.8 cm³/mol. The van der Waals surface area contributed by atoms with Crippen molar-refractivity contribution in [3.63, 3.8) is 0 Å². The van der Waals surface area contributed by atoms with E-state index in [1.165, 1.54) is 0 Å². The number of alkyl halides is 1. The van der Waals surface area contributed by atoms with Gasteiger partial charge in [0.2, 0.25) is 0 Å². The van der Waals surface area contributed by atoms with Gasteiger partial charge in [0.1, 0.15) is 5.78 Å². The highest BCUT2D eigenvalue weighted by Crippen LogP contribution is 2.17. The Morgan fingerprint density at radius 3 is 2.25 bits per heavy atom. The summed E-state index contributed by atoms with van der Waals surface area (Å²) in [5.41, 5.74) is 0. The van der Waals surface area contributed by atoms with E-state index in [-0.39, 0.29) is 24.3 Å². The maximum Gasteiger partial charge on any atom is 0.138 e. The van der Waals surface area contributed by atoms with E-state index in [1.807, 2.05) is 20.8 Å². The Labute approximate surface area is 74.4 Å². The lowest BCUT2D eigenvalue weighted by atomic mass is 9.89. The van der Waals surface area contributed by atoms with Crippen LogP contribution in [0.4, 0.5) is 4.39 Å². The maximum atomic E-state index is 12.0. The molecule has 1 unspecified atom stereocenters. The number of halogens is 1. The molecule has 0 N–H and O–H groups in total. The summed E-state index contributed by atoms with van der Waals surface area (Å²) in [5.74, 6) is 0.225. The normalized spacial score (nSPS) is 13.4. The largest absolute Gasteiger partial charge is 0.299 e. The van der Waals surface area contributed by atoms with Gasteiger partial charge in [0.15, 0.2) is 0 Å². The van der Waals surface area contributed by atoms with E-state index in [0.717, 1.165) is 12.8 Å². The minimum Gasteiger partial charge on any atom is -0.299 e. The van der Waals surface area contributed by atoms with Crippen LogP contribution in [0.25, 0.3) is 0 Å². The molecule has 0 saturated heterocycles. The first kappa shape index (κ1) is 11.6. The van der Waals surface area contributed by atoms with Crippen molar-refractivity contribution in [3.05, 3.63) is 0 Å². The zero-order chi connectivity index (χ0) is 9.56. The summed E-state index contributed by atoms with van der Waals surface area (Å²) in [7, 11) is 0. The van der Waals surface area contributed by atoms with E-state index in [4.69, 9.17) is 0 Å². The quantitative estimate of drug-likeness (QED) is 0.605. The Morgan fingerprint density at radius 1 is 1.33 bits per heavy atom. The molecule has 0 aliphatic heterocycles. The van der Waals surface area contributed by atoms with Gasteiger partial charge in [0.25, 0.3) is 0 Å². The van der Waals surface area contributed by atoms with Gasteiger partial charge in [0.05, 0.1) is 6.67 Å². The molecule has 1 nitrogen and oxygen atoms in total. The number of hydrogen-bond acceptors (Lipinski definition) is 1. The molecule has 12 heavy (non-hydrogen) atoms. The van der Waals surface area contributed by atoms with Crippen LogP contribution in [0.5, 0.6) is 0 Å². The lowest BCUT2D eigenvalue weighted by Crippen LogP contribution is -2.20. The average molecular weight is 174 g/mol. The number of hydrogen-bond donors (Lipinski definition) is 0. The summed E-state index contributed by atoms with van der Waals surface area (Å²) < 4.78 is 12.0. The van der Waals surface area contributed by atoms with E-state index in [0.29, 0.717) is 6.42 Å². The molecule has 0 aromatic carbocycles. The summed E-state index contributed by atoms with van der Waals surface area (Å²) in [5, 5.41) is 0. The smallest absolute Gasteiger partial charge is 0.138 e. The van der Waals surface area contributed by atoms with Crippen LogP contribution in [0.1, 0.15) is 40.0 Å². The van der Waals surface area contributed by atoms with Gasteiger partial charge < -0.3 is 0 Å². The van der Waals surface area contributed by atoms with Gasteiger partial charge in [-0.05, 0) is 12.8 Å². The molecule has 0 amide bonds. The van der Waals surface area contributed by atoms with Crippen LogP contribution in [-0.4, -0.2) is 12.5 Å². The van der Waals surface area contributed by atoms with Crippen molar-refractivity contribution in [2.24, 2.45) is 11.8 Å². The van der Waals surface area contributed by atoms with E-state index >= 15 is 0 Å². The number of carbonyl (C=O) groups excluding carboxylic acids is 1. The molecule has 0 saturated carbocycles. The van der Waals surface area contributed by atoms with Gasteiger partial charge in [-0.15, -0.1) is 0 Å². The molecule has 0 fully saturated rings. The van der Waals surface area contributed by atoms with Crippen LogP contribution in [0, 0.1) is 11.8 Å². The fourth-order valence-electron chi connectivity index (χ4n) is 1.38. The van der Waals surface area contributed by atoms with Crippen molar-refractivity contribution in [2.45, 2.75) is 40.0 Å². The molecule has 0 rings (SSSR count). The second-order valence-electron chi connectivity index (χ2n) is 3.52. The number of rotatable bonds is 6. The molecule has 0 bridgehead atoms. The predicted octanol–water partition coefficient (Wildman–Crippen LogP) is 2.99. The molecule has 0 heterocycles. The highest BCUT2D eigenvalue weighted by atomic mass is 19.1. The minimum absolute atomic E-state index is 0.0417. The third kappa shape index (κ3) is 3.84. The third-order valence-electron chi connectivity index (χ3n) is 2.07. The second kappa shape index (κ2) is 6.15. The van der Waals surface area contributed by atoms with Crippen molar-refractivity contribution in [3.8, 4) is 0 Å². The second-order valence-corrected chi connectivity index (χ2v) is 3.52. The fourth-order valence-corrected chi connectivity index (χ4v) is 1.38. The number of ketones is 1. The molecule has 2 heteroatoms. The van der Waals surface area contributed by atoms with Crippen molar-refractivity contribution in [1.29, 1.82) is 0 Å². The highest BCUT2D eigenvalue weighted by Gasteiger charge is 2.19. The van der Waals surface area contributed by atoms with Crippen molar-refractivity contribution in [1.82, 2.24) is 0 Å². The van der Waals surface area contributed by atoms with Crippen molar-refractivity contribution < 1.29 is 9.18 Å². The van der Waals surface area contributed by atoms with Crippen LogP contribution in [0.2, 0.25) is 0 Å². The zero-order valence-electron chi connectivity index (χ0n) is 8.27. The van der Waals surface area contributed by atoms with Gasteiger partial charge in [-0.2, -0.15) is 0 Å². The van der Waals surface area contributed by atoms with Gasteiger partial charge in [-0.1, -0.05) is 27.2 Å². The molecular weight excluding hydrogens is 155 g/mol. The highest BCUT2D eigenvalue weighted by molar-refractivity contribution is 5.82. The molecule has 0 spiro atoms. The first-order valence-corrected chi connectivity index (χ1v) is 4.73. The van der Waals surface area contributed by atoms with Crippen LogP contribution in [-0.2, 0) is 4.79 Å². The maximum absolute atomic E-state index is 12.0. The van der Waals surface area contributed by atoms with Crippen LogP contribution in [0.3, 0.4) is 0 Å². The first-order chi connectivity index (χ1) is 5.63. The molecule has 1 atom stereocenters. The Balaban J connectivity index is 3.99. The summed E-state index contributed by atoms with van der Waals surface area (Å²) >= 11 is 0. The molecule has 0 aromatic rings. The van der Waals surface area contributed by atoms with Gasteiger partial charge in [0, 0.05) is 11.8 Å². The lowest BCUT2D eigenvalue weighted by molar-refractivity contribution is -0.126. The fraction of sp³-hybridized carbons (Fsp3) is 0.900. The molecule has 0 radical (unpaired) electrons. The van der Waals surface area contributed by atoms with Gasteiger partial charge in [-0.25, -0.2) is 0 Å². The molecule has 0 aromatic heterocycles. The molecule has 72 valence electrons. The Kier molecular flexibility index (Phi) is 5.95. The van der Waals surface area contributed by atoms with E-state index in [1.54, 1.807) is 0 Å². The summed E-state index contributed by atoms with van der Waals surface area (Å²) in [6.07, 6.45) is 2.20. The summed E-state index contributed by atoms with van der Waals surface area (Å²) in [6.45, 7) is 5.41. The lowest BCUT2D eigenvalue weighted by Gasteiger charge is -2.15. The van der Waals surface area contributed by atoms with Crippen molar-refractivity contribution in [2.75, 3.05) is 6.67 Å². The topological polar surface area (TPSA) is 17.1 Å². The standard InChI is InChI=1S/C10H19FO/c1-4-5-9(6-7-11)10(12)8(2)3/h8-9H,4-7H2,1-3H3. The number of carbonyl (C=O) groups is 1. The average Bonchev–Trinajstić information content (AvgIpc) is 2.03. The Bertz CT molecular complexity index is 126. The van der Waals surface area contributed by atoms with E-state index in [2.05, 4.69) is 0 Å². The van der Waals surface area contributed by atoms with E-state index < -0.39 is 0 Å². The third-order valence-corrected chi connectivity index (χ3v) is 2.07. The van der Waals surface area contributed by atoms with E-state index in [9.17, 15) is 9.18 Å². The van der Waals surface area contributed by atoms with Gasteiger partial charge in [-0.3, -0.25) is 9.18 Å². The molecular formula is C10H19FO. The molecule has 0 aliphatic carbocycles. The monoisotopic (exact) mass is 174 g/mol. The minimum atomic E-state index is -0.372. The SMILES string of the molecule is CCCC(CCF)C(=O)C(C)C. The van der Waals surface area contributed by atoms with Crippen LogP contribution >= 0.6 is 0 Å².